The molecule has 3 nitrogen and oxygen atoms in total. The first kappa shape index (κ1) is 17.1. The molecule has 1 heterocycles. The predicted octanol–water partition coefficient (Wildman–Crippen LogP) is 4.16. The van der Waals surface area contributed by atoms with Crippen molar-refractivity contribution in [1.82, 2.24) is 9.80 Å². The molecule has 0 aromatic heterocycles. The molecule has 1 aliphatic heterocycles. The summed E-state index contributed by atoms with van der Waals surface area (Å²) in [6.07, 6.45) is 0. The molecule has 0 radical (unpaired) electrons. The molecule has 126 valence electrons. The van der Waals surface area contributed by atoms with E-state index >= 15 is 0 Å². The molecule has 0 unspecified atom stereocenters. The summed E-state index contributed by atoms with van der Waals surface area (Å²) < 4.78 is 13.3. The molecule has 24 heavy (non-hydrogen) atoms. The molecule has 1 N–H and O–H groups in total. The number of piperazine rings is 1. The average molecular weight is 364 g/mol. The van der Waals surface area contributed by atoms with Crippen molar-refractivity contribution in [1.29, 1.82) is 0 Å². The van der Waals surface area contributed by atoms with Crippen molar-refractivity contribution in [3.63, 3.8) is 0 Å². The van der Waals surface area contributed by atoms with Gasteiger partial charge in [-0.15, -0.1) is 0 Å². The molecule has 2 aromatic carbocycles. The van der Waals surface area contributed by atoms with Crippen LogP contribution in [0.1, 0.15) is 11.6 Å². The van der Waals surface area contributed by atoms with Crippen LogP contribution in [-0.4, -0.2) is 41.6 Å². The lowest BCUT2D eigenvalue weighted by molar-refractivity contribution is 0.153. The highest BCUT2D eigenvalue weighted by atomic mass is 35.5. The zero-order chi connectivity index (χ0) is 17.1. The van der Waals surface area contributed by atoms with Gasteiger partial charge in [-0.1, -0.05) is 41.9 Å². The number of halogens is 2. The maximum Gasteiger partial charge on any atom is 0.174 e. The van der Waals surface area contributed by atoms with Gasteiger partial charge in [0, 0.05) is 25.3 Å². The molecule has 6 heteroatoms. The fourth-order valence-electron chi connectivity index (χ4n) is 2.89. The number of nitrogens with zero attached hydrogens (tertiary/aromatic N) is 2. The molecular formula is C18H19ClFN3S. The fraction of sp³-hybridized carbons (Fsp3) is 0.278. The summed E-state index contributed by atoms with van der Waals surface area (Å²) in [7, 11) is 2.11. The second-order valence-corrected chi connectivity index (χ2v) is 6.74. The van der Waals surface area contributed by atoms with Gasteiger partial charge < -0.3 is 15.1 Å². The van der Waals surface area contributed by atoms with Gasteiger partial charge in [-0.2, -0.15) is 0 Å². The largest absolute Gasteiger partial charge is 0.339 e. The van der Waals surface area contributed by atoms with Crippen LogP contribution in [0.4, 0.5) is 10.1 Å². The van der Waals surface area contributed by atoms with E-state index in [2.05, 4.69) is 34.3 Å². The van der Waals surface area contributed by atoms with Crippen molar-refractivity contribution in [2.24, 2.45) is 0 Å². The Bertz CT molecular complexity index is 725. The first-order chi connectivity index (χ1) is 11.5. The summed E-state index contributed by atoms with van der Waals surface area (Å²) in [5.74, 6) is -0.435. The molecule has 0 saturated carbocycles. The van der Waals surface area contributed by atoms with Gasteiger partial charge in [-0.05, 0) is 43.0 Å². The molecule has 1 aliphatic rings. The first-order valence-corrected chi connectivity index (χ1v) is 8.59. The predicted molar refractivity (Wildman–Crippen MR) is 101 cm³/mol. The highest BCUT2D eigenvalue weighted by Gasteiger charge is 2.28. The molecule has 3 rings (SSSR count). The van der Waals surface area contributed by atoms with Gasteiger partial charge in [0.05, 0.1) is 11.1 Å². The number of rotatable bonds is 2. The summed E-state index contributed by atoms with van der Waals surface area (Å²) in [6.45, 7) is 2.67. The van der Waals surface area contributed by atoms with Gasteiger partial charge in [0.25, 0.3) is 0 Å². The molecule has 0 spiro atoms. The monoisotopic (exact) mass is 363 g/mol. The number of anilines is 1. The fourth-order valence-corrected chi connectivity index (χ4v) is 3.41. The smallest absolute Gasteiger partial charge is 0.174 e. The molecule has 0 aliphatic carbocycles. The van der Waals surface area contributed by atoms with E-state index in [-0.39, 0.29) is 11.1 Å². The molecule has 1 saturated heterocycles. The third-order valence-corrected chi connectivity index (χ3v) is 4.83. The topological polar surface area (TPSA) is 18.5 Å². The van der Waals surface area contributed by atoms with Crippen LogP contribution in [0.25, 0.3) is 0 Å². The van der Waals surface area contributed by atoms with Crippen LogP contribution < -0.4 is 5.32 Å². The van der Waals surface area contributed by atoms with Crippen LogP contribution >= 0.6 is 23.8 Å². The number of likely N-dealkylation sites (N-methyl/N-ethyl adjacent to an activating group) is 1. The highest BCUT2D eigenvalue weighted by molar-refractivity contribution is 7.80. The second kappa shape index (κ2) is 7.47. The van der Waals surface area contributed by atoms with E-state index in [4.69, 9.17) is 23.8 Å². The third kappa shape index (κ3) is 3.86. The van der Waals surface area contributed by atoms with E-state index in [1.54, 1.807) is 12.1 Å². The zero-order valence-corrected chi connectivity index (χ0v) is 14.9. The SMILES string of the molecule is CN1CCN(C(=S)Nc2ccc(F)c(Cl)c2)[C@H](c2ccccc2)C1. The Balaban J connectivity index is 1.79. The van der Waals surface area contributed by atoms with E-state index in [1.807, 2.05) is 18.2 Å². The van der Waals surface area contributed by atoms with E-state index in [0.717, 1.165) is 19.6 Å². The lowest BCUT2D eigenvalue weighted by Gasteiger charge is -2.41. The number of nitrogens with one attached hydrogen (secondary N) is 1. The quantitative estimate of drug-likeness (QED) is 0.807. The van der Waals surface area contributed by atoms with Gasteiger partial charge in [-0.3, -0.25) is 0 Å². The van der Waals surface area contributed by atoms with Crippen LogP contribution in [0.2, 0.25) is 5.02 Å². The number of hydrogen-bond acceptors (Lipinski definition) is 2. The lowest BCUT2D eigenvalue weighted by atomic mass is 10.0. The molecule has 1 fully saturated rings. The standard InChI is InChI=1S/C18H19ClFN3S/c1-22-9-10-23(17(12-22)13-5-3-2-4-6-13)18(24)21-14-7-8-16(20)15(19)11-14/h2-8,11,17H,9-10,12H2,1H3,(H,21,24)/t17-/m0/s1. The summed E-state index contributed by atoms with van der Waals surface area (Å²) in [6, 6.07) is 15.0. The first-order valence-electron chi connectivity index (χ1n) is 7.81. The Hall–Kier alpha value is -1.69. The minimum Gasteiger partial charge on any atom is -0.339 e. The van der Waals surface area contributed by atoms with Crippen molar-refractivity contribution in [3.05, 3.63) is 64.9 Å². The van der Waals surface area contributed by atoms with Crippen LogP contribution in [0.3, 0.4) is 0 Å². The summed E-state index contributed by atoms with van der Waals surface area (Å²) in [5, 5.41) is 3.89. The Labute approximate surface area is 152 Å². The van der Waals surface area contributed by atoms with E-state index in [1.165, 1.54) is 11.6 Å². The minimum atomic E-state index is -0.435. The molecular weight excluding hydrogens is 345 g/mol. The van der Waals surface area contributed by atoms with Crippen LogP contribution in [0.5, 0.6) is 0 Å². The minimum absolute atomic E-state index is 0.0841. The lowest BCUT2D eigenvalue weighted by Crippen LogP contribution is -2.50. The Morgan fingerprint density at radius 2 is 1.96 bits per heavy atom. The van der Waals surface area contributed by atoms with Gasteiger partial charge in [-0.25, -0.2) is 4.39 Å². The van der Waals surface area contributed by atoms with Gasteiger partial charge in [0.2, 0.25) is 0 Å². The van der Waals surface area contributed by atoms with Crippen LogP contribution in [-0.2, 0) is 0 Å². The Kier molecular flexibility index (Phi) is 5.33. The van der Waals surface area contributed by atoms with Crippen molar-refractivity contribution in [2.45, 2.75) is 6.04 Å². The maximum atomic E-state index is 13.3. The average Bonchev–Trinajstić information content (AvgIpc) is 2.59. The maximum absolute atomic E-state index is 13.3. The number of benzene rings is 2. The highest BCUT2D eigenvalue weighted by Crippen LogP contribution is 2.26. The Morgan fingerprint density at radius 3 is 2.67 bits per heavy atom. The van der Waals surface area contributed by atoms with Crippen molar-refractivity contribution < 1.29 is 4.39 Å². The summed E-state index contributed by atoms with van der Waals surface area (Å²) in [4.78, 5) is 4.48. The summed E-state index contributed by atoms with van der Waals surface area (Å²) in [5.41, 5.74) is 1.92. The van der Waals surface area contributed by atoms with Crippen LogP contribution in [0, 0.1) is 5.82 Å². The Morgan fingerprint density at radius 1 is 1.21 bits per heavy atom. The summed E-state index contributed by atoms with van der Waals surface area (Å²) >= 11 is 11.5. The van der Waals surface area contributed by atoms with Crippen LogP contribution in [0.15, 0.2) is 48.5 Å². The number of thiocarbonyl (C=S) groups is 1. The van der Waals surface area contributed by atoms with Gasteiger partial charge in [0.15, 0.2) is 5.11 Å². The molecule has 1 atom stereocenters. The molecule has 2 aromatic rings. The zero-order valence-electron chi connectivity index (χ0n) is 13.4. The molecule has 0 bridgehead atoms. The van der Waals surface area contributed by atoms with Gasteiger partial charge >= 0.3 is 0 Å². The van der Waals surface area contributed by atoms with Crippen molar-refractivity contribution >= 4 is 34.6 Å². The normalized spacial score (nSPS) is 18.5. The van der Waals surface area contributed by atoms with Crippen molar-refractivity contribution in [2.75, 3.05) is 32.0 Å². The number of hydrogen-bond donors (Lipinski definition) is 1. The third-order valence-electron chi connectivity index (χ3n) is 4.20. The van der Waals surface area contributed by atoms with Gasteiger partial charge in [0.1, 0.15) is 5.82 Å². The van der Waals surface area contributed by atoms with E-state index < -0.39 is 5.82 Å². The van der Waals surface area contributed by atoms with E-state index in [9.17, 15) is 4.39 Å². The molecule has 0 amide bonds. The van der Waals surface area contributed by atoms with E-state index in [0.29, 0.717) is 10.8 Å². The van der Waals surface area contributed by atoms with Crippen molar-refractivity contribution in [3.8, 4) is 0 Å². The second-order valence-electron chi connectivity index (χ2n) is 5.94.